The molecule has 0 saturated carbocycles. The van der Waals surface area contributed by atoms with Crippen LogP contribution in [-0.2, 0) is 16.0 Å². The summed E-state index contributed by atoms with van der Waals surface area (Å²) in [7, 11) is 0. The van der Waals surface area contributed by atoms with Crippen molar-refractivity contribution in [3.05, 3.63) is 70.4 Å². The molecule has 0 aliphatic carbocycles. The Labute approximate surface area is 180 Å². The van der Waals surface area contributed by atoms with Gasteiger partial charge in [0.05, 0.1) is 12.6 Å². The highest BCUT2D eigenvalue weighted by Gasteiger charge is 2.47. The van der Waals surface area contributed by atoms with E-state index in [2.05, 4.69) is 18.0 Å². The molecule has 0 bridgehead atoms. The summed E-state index contributed by atoms with van der Waals surface area (Å²) in [5.74, 6) is 0.0536. The number of nitrogens with zero attached hydrogens (tertiary/aromatic N) is 2. The largest absolute Gasteiger partial charge is 0.356 e. The summed E-state index contributed by atoms with van der Waals surface area (Å²) >= 11 is 6.12. The maximum Gasteiger partial charge on any atom is 0.246 e. The molecule has 2 aliphatic rings. The molecule has 5 nitrogen and oxygen atoms in total. The number of benzene rings is 2. The number of halogens is 1. The molecule has 1 aromatic heterocycles. The zero-order chi connectivity index (χ0) is 20.8. The van der Waals surface area contributed by atoms with Crippen molar-refractivity contribution in [3.63, 3.8) is 0 Å². The molecule has 3 aromatic rings. The van der Waals surface area contributed by atoms with Gasteiger partial charge in [-0.05, 0) is 35.7 Å². The fourth-order valence-corrected chi connectivity index (χ4v) is 4.98. The van der Waals surface area contributed by atoms with Crippen LogP contribution >= 0.6 is 11.6 Å². The van der Waals surface area contributed by atoms with Gasteiger partial charge in [-0.3, -0.25) is 9.59 Å². The van der Waals surface area contributed by atoms with E-state index in [4.69, 9.17) is 11.6 Å². The SMILES string of the molecule is CCCCN1CC(=O)N2[C@@H](c3ccc(Cl)cc3)c3[nH]c4ccccc4c3C[C@H]2C1=O. The minimum atomic E-state index is -0.476. The Morgan fingerprint density at radius 3 is 2.63 bits per heavy atom. The summed E-state index contributed by atoms with van der Waals surface area (Å²) in [4.78, 5) is 33.8. The van der Waals surface area contributed by atoms with Gasteiger partial charge in [-0.15, -0.1) is 0 Å². The second-order valence-corrected chi connectivity index (χ2v) is 8.59. The van der Waals surface area contributed by atoms with E-state index in [0.29, 0.717) is 18.0 Å². The molecule has 5 rings (SSSR count). The highest BCUT2D eigenvalue weighted by Crippen LogP contribution is 2.42. The van der Waals surface area contributed by atoms with Gasteiger partial charge in [-0.25, -0.2) is 0 Å². The van der Waals surface area contributed by atoms with Crippen LogP contribution in [-0.4, -0.2) is 45.7 Å². The molecule has 3 heterocycles. The molecule has 0 radical (unpaired) electrons. The van der Waals surface area contributed by atoms with Crippen LogP contribution in [0.5, 0.6) is 0 Å². The number of carbonyl (C=O) groups excluding carboxylic acids is 2. The number of fused-ring (bicyclic) bond motifs is 4. The Bertz CT molecular complexity index is 1120. The second-order valence-electron chi connectivity index (χ2n) is 8.15. The van der Waals surface area contributed by atoms with E-state index in [-0.39, 0.29) is 24.4 Å². The fourth-order valence-electron chi connectivity index (χ4n) is 4.85. The van der Waals surface area contributed by atoms with Crippen molar-refractivity contribution >= 4 is 34.3 Å². The summed E-state index contributed by atoms with van der Waals surface area (Å²) in [5, 5.41) is 1.77. The number of carbonyl (C=O) groups is 2. The van der Waals surface area contributed by atoms with Crippen LogP contribution in [0.2, 0.25) is 5.02 Å². The Hall–Kier alpha value is -2.79. The number of rotatable bonds is 4. The molecule has 2 atom stereocenters. The number of nitrogens with one attached hydrogen (secondary N) is 1. The lowest BCUT2D eigenvalue weighted by molar-refractivity contribution is -0.158. The topological polar surface area (TPSA) is 56.4 Å². The maximum absolute atomic E-state index is 13.4. The number of amides is 2. The number of H-pyrrole nitrogens is 1. The summed E-state index contributed by atoms with van der Waals surface area (Å²) in [6, 6.07) is 14.9. The minimum absolute atomic E-state index is 0.0000378. The number of para-hydroxylation sites is 1. The Kier molecular flexibility index (Phi) is 4.78. The zero-order valence-electron chi connectivity index (χ0n) is 16.9. The predicted molar refractivity (Wildman–Crippen MR) is 117 cm³/mol. The molecular weight excluding hydrogens is 398 g/mol. The van der Waals surface area contributed by atoms with E-state index in [1.807, 2.05) is 42.5 Å². The molecule has 154 valence electrons. The van der Waals surface area contributed by atoms with Gasteiger partial charge in [0.1, 0.15) is 6.04 Å². The molecule has 2 aromatic carbocycles. The number of unbranched alkanes of at least 4 members (excludes halogenated alkanes) is 1. The lowest BCUT2D eigenvalue weighted by Gasteiger charge is -2.47. The van der Waals surface area contributed by atoms with Crippen LogP contribution in [0.15, 0.2) is 48.5 Å². The van der Waals surface area contributed by atoms with Gasteiger partial charge < -0.3 is 14.8 Å². The summed E-state index contributed by atoms with van der Waals surface area (Å²) < 4.78 is 0. The number of hydrogen-bond acceptors (Lipinski definition) is 2. The van der Waals surface area contributed by atoms with E-state index in [0.717, 1.165) is 40.6 Å². The molecule has 1 saturated heterocycles. The monoisotopic (exact) mass is 421 g/mol. The third-order valence-corrected chi connectivity index (χ3v) is 6.56. The van der Waals surface area contributed by atoms with E-state index in [9.17, 15) is 9.59 Å². The molecule has 1 fully saturated rings. The van der Waals surface area contributed by atoms with Gasteiger partial charge in [-0.2, -0.15) is 0 Å². The van der Waals surface area contributed by atoms with Gasteiger partial charge in [0, 0.05) is 34.6 Å². The zero-order valence-corrected chi connectivity index (χ0v) is 17.7. The first kappa shape index (κ1) is 19.2. The molecule has 30 heavy (non-hydrogen) atoms. The molecule has 6 heteroatoms. The Balaban J connectivity index is 1.66. The van der Waals surface area contributed by atoms with Crippen molar-refractivity contribution in [2.24, 2.45) is 0 Å². The van der Waals surface area contributed by atoms with Crippen molar-refractivity contribution in [2.75, 3.05) is 13.1 Å². The Morgan fingerprint density at radius 1 is 1.10 bits per heavy atom. The van der Waals surface area contributed by atoms with Gasteiger partial charge in [0.2, 0.25) is 11.8 Å². The fraction of sp³-hybridized carbons (Fsp3) is 0.333. The van der Waals surface area contributed by atoms with E-state index >= 15 is 0 Å². The second kappa shape index (κ2) is 7.47. The van der Waals surface area contributed by atoms with Gasteiger partial charge in [0.25, 0.3) is 0 Å². The first-order valence-corrected chi connectivity index (χ1v) is 10.9. The number of aromatic amines is 1. The average molecular weight is 422 g/mol. The predicted octanol–water partition coefficient (Wildman–Crippen LogP) is 4.31. The smallest absolute Gasteiger partial charge is 0.246 e. The molecular formula is C24H24ClN3O2. The number of aromatic nitrogens is 1. The average Bonchev–Trinajstić information content (AvgIpc) is 3.13. The third kappa shape index (κ3) is 3.00. The Morgan fingerprint density at radius 2 is 1.87 bits per heavy atom. The van der Waals surface area contributed by atoms with Crippen molar-refractivity contribution in [2.45, 2.75) is 38.3 Å². The molecule has 1 N–H and O–H groups in total. The summed E-state index contributed by atoms with van der Waals surface area (Å²) in [6.45, 7) is 2.88. The van der Waals surface area contributed by atoms with Crippen molar-refractivity contribution < 1.29 is 9.59 Å². The first-order valence-electron chi connectivity index (χ1n) is 10.5. The summed E-state index contributed by atoms with van der Waals surface area (Å²) in [6.07, 6.45) is 2.44. The third-order valence-electron chi connectivity index (χ3n) is 6.31. The van der Waals surface area contributed by atoms with Gasteiger partial charge in [0.15, 0.2) is 0 Å². The first-order chi connectivity index (χ1) is 14.6. The van der Waals surface area contributed by atoms with Crippen LogP contribution in [0, 0.1) is 0 Å². The van der Waals surface area contributed by atoms with Gasteiger partial charge >= 0.3 is 0 Å². The lowest BCUT2D eigenvalue weighted by Crippen LogP contribution is -2.63. The minimum Gasteiger partial charge on any atom is -0.356 e. The number of hydrogen-bond donors (Lipinski definition) is 1. The number of piperazine rings is 1. The van der Waals surface area contributed by atoms with Crippen LogP contribution in [0.25, 0.3) is 10.9 Å². The lowest BCUT2D eigenvalue weighted by atomic mass is 9.86. The van der Waals surface area contributed by atoms with Crippen molar-refractivity contribution in [1.29, 1.82) is 0 Å². The van der Waals surface area contributed by atoms with Crippen molar-refractivity contribution in [1.82, 2.24) is 14.8 Å². The van der Waals surface area contributed by atoms with Crippen LogP contribution in [0.1, 0.15) is 42.6 Å². The molecule has 2 amide bonds. The van der Waals surface area contributed by atoms with Crippen LogP contribution in [0.3, 0.4) is 0 Å². The highest BCUT2D eigenvalue weighted by atomic mass is 35.5. The maximum atomic E-state index is 13.4. The van der Waals surface area contributed by atoms with Crippen LogP contribution < -0.4 is 0 Å². The normalized spacial score (nSPS) is 21.1. The van der Waals surface area contributed by atoms with E-state index < -0.39 is 6.04 Å². The standard InChI is InChI=1S/C24H24ClN3O2/c1-2-3-12-27-14-21(29)28-20(24(27)30)13-18-17-6-4-5-7-19(17)26-22(18)23(28)15-8-10-16(25)11-9-15/h4-11,20,23,26H,2-3,12-14H2,1H3/t20-,23-/m0/s1. The molecule has 0 unspecified atom stereocenters. The molecule has 2 aliphatic heterocycles. The van der Waals surface area contributed by atoms with Gasteiger partial charge in [-0.1, -0.05) is 55.3 Å². The quantitative estimate of drug-likeness (QED) is 0.682. The molecule has 0 spiro atoms. The summed E-state index contributed by atoms with van der Waals surface area (Å²) in [5.41, 5.74) is 4.12. The van der Waals surface area contributed by atoms with Crippen molar-refractivity contribution in [3.8, 4) is 0 Å². The van der Waals surface area contributed by atoms with E-state index in [1.165, 1.54) is 0 Å². The van der Waals surface area contributed by atoms with E-state index in [1.54, 1.807) is 9.80 Å². The van der Waals surface area contributed by atoms with Crippen LogP contribution in [0.4, 0.5) is 0 Å². The highest BCUT2D eigenvalue weighted by molar-refractivity contribution is 6.30.